The van der Waals surface area contributed by atoms with E-state index >= 15 is 0 Å². The normalized spacial score (nSPS) is 13.5. The highest BCUT2D eigenvalue weighted by Crippen LogP contribution is 2.58. The largest absolute Gasteiger partial charge is 0.456 e. The van der Waals surface area contributed by atoms with Crippen LogP contribution in [0.25, 0.3) is 141 Å². The Kier molecular flexibility index (Phi) is 13.7. The van der Waals surface area contributed by atoms with E-state index in [4.69, 9.17) is 8.83 Å². The van der Waals surface area contributed by atoms with Crippen LogP contribution in [-0.2, 0) is 21.7 Å². The van der Waals surface area contributed by atoms with Crippen LogP contribution in [0.1, 0.15) is 105 Å². The van der Waals surface area contributed by atoms with Crippen LogP contribution in [0.3, 0.4) is 0 Å². The van der Waals surface area contributed by atoms with E-state index in [0.29, 0.717) is 0 Å². The Labute approximate surface area is 633 Å². The van der Waals surface area contributed by atoms with E-state index in [1.54, 1.807) is 0 Å². The van der Waals surface area contributed by atoms with E-state index in [9.17, 15) is 0 Å². The summed E-state index contributed by atoms with van der Waals surface area (Å²) in [5.74, 6) is 0. The minimum absolute atomic E-state index is 0.0740. The molecule has 0 fully saturated rings. The first-order valence-corrected chi connectivity index (χ1v) is 39.0. The van der Waals surface area contributed by atoms with Crippen LogP contribution in [0.15, 0.2) is 282 Å². The van der Waals surface area contributed by atoms with Gasteiger partial charge in [-0.05, 0) is 205 Å². The van der Waals surface area contributed by atoms with Crippen LogP contribution in [0.4, 0.5) is 34.1 Å². The van der Waals surface area contributed by atoms with Gasteiger partial charge in [0, 0.05) is 87.4 Å². The number of nitrogens with zero attached hydrogens (tertiary/aromatic N) is 4. The Bertz CT molecular complexity index is 6750. The zero-order chi connectivity index (χ0) is 73.3. The van der Waals surface area contributed by atoms with Crippen molar-refractivity contribution in [3.8, 4) is 33.6 Å². The lowest BCUT2D eigenvalue weighted by atomic mass is 9.33. The maximum Gasteiger partial charge on any atom is 0.252 e. The van der Waals surface area contributed by atoms with Crippen LogP contribution in [-0.4, -0.2) is 15.8 Å². The van der Waals surface area contributed by atoms with E-state index in [2.05, 4.69) is 375 Å². The number of thiophene rings is 1. The molecule has 0 amide bonds. The maximum absolute atomic E-state index is 7.13. The summed E-state index contributed by atoms with van der Waals surface area (Å²) in [4.78, 5) is 5.39. The second kappa shape index (κ2) is 22.9. The summed E-state index contributed by atoms with van der Waals surface area (Å²) in [5.41, 5.74) is 29.8. The quantitative estimate of drug-likeness (QED) is 0.156. The van der Waals surface area contributed by atoms with E-state index in [-0.39, 0.29) is 28.4 Å². The Balaban J connectivity index is 0.966. The molecule has 5 aromatic heterocycles. The van der Waals surface area contributed by atoms with Gasteiger partial charge in [0.1, 0.15) is 22.3 Å². The van der Waals surface area contributed by atoms with Crippen molar-refractivity contribution in [2.45, 2.75) is 105 Å². The summed E-state index contributed by atoms with van der Waals surface area (Å²) < 4.78 is 21.8. The van der Waals surface area contributed by atoms with Gasteiger partial charge in [0.15, 0.2) is 0 Å². The topological polar surface area (TPSA) is 42.6 Å². The third-order valence-electron chi connectivity index (χ3n) is 23.7. The molecule has 0 bridgehead atoms. The minimum Gasteiger partial charge on any atom is -0.456 e. The van der Waals surface area contributed by atoms with Crippen molar-refractivity contribution < 1.29 is 8.83 Å². The third kappa shape index (κ3) is 9.51. The Morgan fingerprint density at radius 2 is 0.685 bits per heavy atom. The molecule has 0 saturated heterocycles. The number of fused-ring (bicyclic) bond motifs is 20. The molecule has 0 N–H and O–H groups in total. The smallest absolute Gasteiger partial charge is 0.252 e. The zero-order valence-electron chi connectivity index (χ0n) is 63.1. The molecule has 7 heterocycles. The first-order chi connectivity index (χ1) is 52.1. The van der Waals surface area contributed by atoms with Gasteiger partial charge in [-0.25, -0.2) is 0 Å². The van der Waals surface area contributed by atoms with Crippen molar-refractivity contribution >= 4 is 176 Å². The number of para-hydroxylation sites is 2. The fourth-order valence-electron chi connectivity index (χ4n) is 18.2. The minimum atomic E-state index is -0.357. The van der Waals surface area contributed by atoms with Crippen molar-refractivity contribution in [3.05, 3.63) is 295 Å². The van der Waals surface area contributed by atoms with Crippen LogP contribution in [0.5, 0.6) is 0 Å². The highest BCUT2D eigenvalue weighted by atomic mass is 32.1. The maximum atomic E-state index is 7.13. The number of hydrogen-bond donors (Lipinski definition) is 0. The predicted octanol–water partition coefficient (Wildman–Crippen LogP) is 26.7. The van der Waals surface area contributed by atoms with Crippen LogP contribution in [0, 0.1) is 0 Å². The molecule has 21 rings (SSSR count). The number of benzene rings is 14. The fourth-order valence-corrected chi connectivity index (χ4v) is 19.4. The molecule has 19 aromatic rings. The lowest BCUT2D eigenvalue weighted by Gasteiger charge is -2.45. The molecule has 108 heavy (non-hydrogen) atoms. The molecule has 2 aliphatic heterocycles. The van der Waals surface area contributed by atoms with Crippen molar-refractivity contribution in [2.24, 2.45) is 0 Å². The number of furan rings is 2. The molecule has 0 spiro atoms. The molecular formula is C100H81BN4O2S. The highest BCUT2D eigenvalue weighted by molar-refractivity contribution is 7.26. The van der Waals surface area contributed by atoms with Gasteiger partial charge in [0.2, 0.25) is 0 Å². The van der Waals surface area contributed by atoms with E-state index in [0.717, 1.165) is 112 Å². The predicted molar refractivity (Wildman–Crippen MR) is 462 cm³/mol. The standard InChI is InChI=1S/C100H81BN4O2S/c1-97(2,3)60-35-43-78-71(51-60)72-52-61(98(4,5)6)36-44-79(72)102(78)64-39-47-82-76(55-64)101-77-56-65(103-80-45-37-62(99(7,8)9)53-73(80)74-54-63(100(10,11)12)38-46-81(74)103)40-48-83(77)105(94-67(59-27-17-14-18-28-59)42-50-88-91(94)70-31-20-23-33-86(70)107-88)95-92(101)84(57-75-68-29-21-24-34-89(68)108-96(75)95)104(82)93-66(58-25-15-13-16-26-58)41-49-87-90(93)69-30-19-22-32-85(69)106-87/h13-57H,1-12H3. The van der Waals surface area contributed by atoms with Gasteiger partial charge in [0.05, 0.1) is 54.6 Å². The van der Waals surface area contributed by atoms with Gasteiger partial charge in [-0.3, -0.25) is 0 Å². The van der Waals surface area contributed by atoms with Crippen LogP contribution >= 0.6 is 11.3 Å². The van der Waals surface area contributed by atoms with Crippen molar-refractivity contribution in [3.63, 3.8) is 0 Å². The molecule has 0 atom stereocenters. The van der Waals surface area contributed by atoms with Gasteiger partial charge < -0.3 is 27.8 Å². The van der Waals surface area contributed by atoms with Crippen molar-refractivity contribution in [2.75, 3.05) is 9.80 Å². The third-order valence-corrected chi connectivity index (χ3v) is 24.9. The average molecular weight is 1410 g/mol. The van der Waals surface area contributed by atoms with Gasteiger partial charge in [0.25, 0.3) is 6.71 Å². The van der Waals surface area contributed by atoms with E-state index < -0.39 is 0 Å². The molecule has 6 nitrogen and oxygen atoms in total. The second-order valence-corrected chi connectivity index (χ2v) is 35.5. The van der Waals surface area contributed by atoms with E-state index in [1.807, 2.05) is 11.3 Å². The second-order valence-electron chi connectivity index (χ2n) is 34.4. The zero-order valence-corrected chi connectivity index (χ0v) is 63.9. The molecule has 2 aliphatic rings. The van der Waals surface area contributed by atoms with Crippen LogP contribution < -0.4 is 26.2 Å². The first kappa shape index (κ1) is 64.5. The summed E-state index contributed by atoms with van der Waals surface area (Å²) in [6, 6.07) is 104. The molecule has 14 aromatic carbocycles. The van der Waals surface area contributed by atoms with Gasteiger partial charge in [-0.2, -0.15) is 0 Å². The summed E-state index contributed by atoms with van der Waals surface area (Å²) in [5, 5.41) is 11.7. The molecule has 8 heteroatoms. The van der Waals surface area contributed by atoms with Gasteiger partial charge >= 0.3 is 0 Å². The summed E-state index contributed by atoms with van der Waals surface area (Å²) >= 11 is 1.90. The fraction of sp³-hybridized carbons (Fsp3) is 0.160. The lowest BCUT2D eigenvalue weighted by molar-refractivity contribution is 0.590. The van der Waals surface area contributed by atoms with Crippen molar-refractivity contribution in [1.82, 2.24) is 9.13 Å². The number of anilines is 6. The Hall–Kier alpha value is -11.8. The lowest BCUT2D eigenvalue weighted by Crippen LogP contribution is -2.61. The number of hydrogen-bond acceptors (Lipinski definition) is 5. The van der Waals surface area contributed by atoms with E-state index in [1.165, 1.54) is 102 Å². The summed E-state index contributed by atoms with van der Waals surface area (Å²) in [6.07, 6.45) is 0. The first-order valence-electron chi connectivity index (χ1n) is 38.2. The molecule has 0 unspecified atom stereocenters. The molecule has 0 radical (unpaired) electrons. The van der Waals surface area contributed by atoms with Gasteiger partial charge in [-0.1, -0.05) is 223 Å². The number of rotatable bonds is 6. The molecule has 0 saturated carbocycles. The SMILES string of the molecule is CC(C)(C)c1ccc2c(c1)c1cc(C(C)(C)C)ccc1n2-c1ccc2c(c1)B1c3cc(-n4c5ccc(C(C)(C)C)cc5c5cc(C(C)(C)C)ccc54)ccc3N(c3c(-c4ccccc4)ccc4oc5ccccc5c34)c3c1c(cc1c3sc3ccccc31)N2c1c(-c2ccccc2)ccc2oc3ccccc3c12. The summed E-state index contributed by atoms with van der Waals surface area (Å²) in [6.45, 7) is 27.6. The molecule has 0 aliphatic carbocycles. The highest BCUT2D eigenvalue weighted by Gasteiger charge is 2.47. The van der Waals surface area contributed by atoms with Gasteiger partial charge in [-0.15, -0.1) is 11.3 Å². The van der Waals surface area contributed by atoms with Crippen molar-refractivity contribution in [1.29, 1.82) is 0 Å². The monoisotopic (exact) mass is 1410 g/mol. The molecule has 522 valence electrons. The van der Waals surface area contributed by atoms with Crippen LogP contribution in [0.2, 0.25) is 0 Å². The molecular weight excluding hydrogens is 1330 g/mol. The average Bonchev–Trinajstić information content (AvgIpc) is 1.52. The summed E-state index contributed by atoms with van der Waals surface area (Å²) in [7, 11) is 0. The number of aromatic nitrogens is 2. The Morgan fingerprint density at radius 3 is 1.12 bits per heavy atom. The Morgan fingerprint density at radius 1 is 0.296 bits per heavy atom.